The van der Waals surface area contributed by atoms with Crippen LogP contribution in [0.4, 0.5) is 0 Å². The molecule has 1 saturated heterocycles. The normalized spacial score (nSPS) is 22.0. The fourth-order valence-corrected chi connectivity index (χ4v) is 2.75. The predicted molar refractivity (Wildman–Crippen MR) is 82.6 cm³/mol. The Morgan fingerprint density at radius 3 is 3.00 bits per heavy atom. The van der Waals surface area contributed by atoms with Gasteiger partial charge in [0.25, 0.3) is 5.91 Å². The summed E-state index contributed by atoms with van der Waals surface area (Å²) in [6, 6.07) is 7.58. The van der Waals surface area contributed by atoms with Crippen LogP contribution in [-0.2, 0) is 11.3 Å². The number of nitrogens with zero attached hydrogens (tertiary/aromatic N) is 1. The lowest BCUT2D eigenvalue weighted by Crippen LogP contribution is -2.57. The highest BCUT2D eigenvalue weighted by Gasteiger charge is 2.41. The molecule has 22 heavy (non-hydrogen) atoms. The minimum atomic E-state index is -1.38. The van der Waals surface area contributed by atoms with Crippen molar-refractivity contribution in [2.24, 2.45) is 0 Å². The van der Waals surface area contributed by atoms with Crippen molar-refractivity contribution in [1.82, 2.24) is 10.2 Å². The second kappa shape index (κ2) is 7.58. The van der Waals surface area contributed by atoms with Crippen molar-refractivity contribution < 1.29 is 19.7 Å². The number of hydrogen-bond acceptors (Lipinski definition) is 5. The van der Waals surface area contributed by atoms with Crippen molar-refractivity contribution in [3.05, 3.63) is 29.8 Å². The van der Waals surface area contributed by atoms with Gasteiger partial charge in [-0.05, 0) is 30.5 Å². The van der Waals surface area contributed by atoms with Gasteiger partial charge in [0.05, 0.1) is 13.7 Å². The van der Waals surface area contributed by atoms with E-state index in [9.17, 15) is 9.90 Å². The molecule has 122 valence electrons. The largest absolute Gasteiger partial charge is 0.497 e. The number of ether oxygens (including phenoxy) is 1. The number of methoxy groups -OCH3 is 1. The van der Waals surface area contributed by atoms with E-state index < -0.39 is 5.60 Å². The van der Waals surface area contributed by atoms with Crippen molar-refractivity contribution in [2.45, 2.75) is 25.0 Å². The minimum absolute atomic E-state index is 0.0161. The molecular formula is C16H24N2O4. The molecule has 2 rings (SSSR count). The summed E-state index contributed by atoms with van der Waals surface area (Å²) in [4.78, 5) is 14.2. The molecule has 0 radical (unpaired) electrons. The summed E-state index contributed by atoms with van der Waals surface area (Å²) in [6.07, 6.45) is 1.20. The summed E-state index contributed by atoms with van der Waals surface area (Å²) in [7, 11) is 1.61. The quantitative estimate of drug-likeness (QED) is 0.624. The van der Waals surface area contributed by atoms with Gasteiger partial charge < -0.3 is 25.2 Å². The molecule has 1 aromatic rings. The third-order valence-electron chi connectivity index (χ3n) is 3.92. The summed E-state index contributed by atoms with van der Waals surface area (Å²) >= 11 is 0. The lowest BCUT2D eigenvalue weighted by atomic mass is 9.91. The maximum Gasteiger partial charge on any atom is 0.256 e. The summed E-state index contributed by atoms with van der Waals surface area (Å²) in [6.45, 7) is 1.61. The van der Waals surface area contributed by atoms with Crippen LogP contribution < -0.4 is 10.1 Å². The molecule has 1 aliphatic heterocycles. The Bertz CT molecular complexity index is 509. The highest BCUT2D eigenvalue weighted by molar-refractivity contribution is 5.86. The van der Waals surface area contributed by atoms with Gasteiger partial charge in [0.1, 0.15) is 5.75 Å². The topological polar surface area (TPSA) is 82.0 Å². The van der Waals surface area contributed by atoms with Crippen molar-refractivity contribution in [3.63, 3.8) is 0 Å². The molecule has 1 heterocycles. The molecular weight excluding hydrogens is 284 g/mol. The Balaban J connectivity index is 2.02. The molecule has 0 spiro atoms. The number of piperidine rings is 1. The zero-order chi connectivity index (χ0) is 16.0. The van der Waals surface area contributed by atoms with E-state index in [0.29, 0.717) is 26.1 Å². The van der Waals surface area contributed by atoms with Gasteiger partial charge in [-0.25, -0.2) is 0 Å². The van der Waals surface area contributed by atoms with Gasteiger partial charge >= 0.3 is 0 Å². The van der Waals surface area contributed by atoms with Crippen molar-refractivity contribution in [2.75, 3.05) is 33.4 Å². The first-order chi connectivity index (χ1) is 10.6. The maximum atomic E-state index is 12.5. The third-order valence-corrected chi connectivity index (χ3v) is 3.92. The Kier molecular flexibility index (Phi) is 5.76. The van der Waals surface area contributed by atoms with Gasteiger partial charge in [-0.3, -0.25) is 4.79 Å². The summed E-state index contributed by atoms with van der Waals surface area (Å²) in [5.74, 6) is 0.494. The standard InChI is InChI=1S/C16H24N2O4/c1-22-14-5-2-4-13(10-14)11-18-8-3-6-16(21,15(18)20)12-17-7-9-19/h2,4-5,10,17,19,21H,3,6-9,11-12H2,1H3/t16-/m0/s1. The average molecular weight is 308 g/mol. The van der Waals surface area contributed by atoms with Gasteiger partial charge in [0.15, 0.2) is 5.60 Å². The first-order valence-corrected chi connectivity index (χ1v) is 7.55. The van der Waals surface area contributed by atoms with Crippen LogP contribution in [0.15, 0.2) is 24.3 Å². The van der Waals surface area contributed by atoms with E-state index in [1.54, 1.807) is 12.0 Å². The molecule has 0 aliphatic carbocycles. The number of aliphatic hydroxyl groups is 2. The van der Waals surface area contributed by atoms with Gasteiger partial charge in [-0.1, -0.05) is 12.1 Å². The van der Waals surface area contributed by atoms with Gasteiger partial charge in [-0.2, -0.15) is 0 Å². The zero-order valence-corrected chi connectivity index (χ0v) is 12.9. The molecule has 1 fully saturated rings. The summed E-state index contributed by atoms with van der Waals surface area (Å²) < 4.78 is 5.19. The minimum Gasteiger partial charge on any atom is -0.497 e. The van der Waals surface area contributed by atoms with E-state index in [1.165, 1.54) is 0 Å². The zero-order valence-electron chi connectivity index (χ0n) is 12.9. The molecule has 0 aromatic heterocycles. The molecule has 0 saturated carbocycles. The highest BCUT2D eigenvalue weighted by atomic mass is 16.5. The van der Waals surface area contributed by atoms with Crippen LogP contribution in [0.1, 0.15) is 18.4 Å². The molecule has 1 aliphatic rings. The lowest BCUT2D eigenvalue weighted by molar-refractivity contribution is -0.157. The number of rotatable bonds is 7. The van der Waals surface area contributed by atoms with Crippen LogP contribution in [-0.4, -0.2) is 60.0 Å². The van der Waals surface area contributed by atoms with Gasteiger partial charge in [0, 0.05) is 26.2 Å². The SMILES string of the molecule is COc1cccc(CN2CCC[C@](O)(CNCCO)C2=O)c1. The summed E-state index contributed by atoms with van der Waals surface area (Å²) in [5.41, 5.74) is -0.410. The van der Waals surface area contributed by atoms with Crippen molar-refractivity contribution in [3.8, 4) is 5.75 Å². The molecule has 1 atom stereocenters. The van der Waals surface area contributed by atoms with Crippen LogP contribution in [0, 0.1) is 0 Å². The van der Waals surface area contributed by atoms with Crippen LogP contribution in [0.2, 0.25) is 0 Å². The molecule has 0 unspecified atom stereocenters. The Morgan fingerprint density at radius 2 is 2.27 bits per heavy atom. The van der Waals surface area contributed by atoms with Crippen LogP contribution in [0.3, 0.4) is 0 Å². The molecule has 0 bridgehead atoms. The Morgan fingerprint density at radius 1 is 1.45 bits per heavy atom. The second-order valence-electron chi connectivity index (χ2n) is 5.61. The van der Waals surface area contributed by atoms with E-state index in [0.717, 1.165) is 17.7 Å². The molecule has 6 heteroatoms. The van der Waals surface area contributed by atoms with Crippen molar-refractivity contribution >= 4 is 5.91 Å². The number of likely N-dealkylation sites (tertiary alicyclic amines) is 1. The number of benzene rings is 1. The smallest absolute Gasteiger partial charge is 0.256 e. The Labute approximate surface area is 130 Å². The fraction of sp³-hybridized carbons (Fsp3) is 0.562. The van der Waals surface area contributed by atoms with E-state index in [1.807, 2.05) is 24.3 Å². The van der Waals surface area contributed by atoms with Crippen LogP contribution in [0.5, 0.6) is 5.75 Å². The highest BCUT2D eigenvalue weighted by Crippen LogP contribution is 2.24. The van der Waals surface area contributed by atoms with E-state index in [-0.39, 0.29) is 19.1 Å². The monoisotopic (exact) mass is 308 g/mol. The summed E-state index contributed by atoms with van der Waals surface area (Å²) in [5, 5.41) is 22.3. The van der Waals surface area contributed by atoms with E-state index >= 15 is 0 Å². The van der Waals surface area contributed by atoms with Gasteiger partial charge in [0.2, 0.25) is 0 Å². The molecule has 3 N–H and O–H groups in total. The lowest BCUT2D eigenvalue weighted by Gasteiger charge is -2.38. The van der Waals surface area contributed by atoms with Crippen LogP contribution in [0.25, 0.3) is 0 Å². The molecule has 1 aromatic carbocycles. The van der Waals surface area contributed by atoms with E-state index in [2.05, 4.69) is 5.32 Å². The number of aliphatic hydroxyl groups excluding tert-OH is 1. The second-order valence-corrected chi connectivity index (χ2v) is 5.61. The number of carbonyl (C=O) groups is 1. The molecule has 6 nitrogen and oxygen atoms in total. The number of hydrogen-bond donors (Lipinski definition) is 3. The number of nitrogens with one attached hydrogen (secondary N) is 1. The first kappa shape index (κ1) is 16.7. The maximum absolute atomic E-state index is 12.5. The molecule has 1 amide bonds. The Hall–Kier alpha value is -1.63. The number of carbonyl (C=O) groups excluding carboxylic acids is 1. The van der Waals surface area contributed by atoms with Crippen LogP contribution >= 0.6 is 0 Å². The van der Waals surface area contributed by atoms with Gasteiger partial charge in [-0.15, -0.1) is 0 Å². The third kappa shape index (κ3) is 3.97. The van der Waals surface area contributed by atoms with Crippen molar-refractivity contribution in [1.29, 1.82) is 0 Å². The average Bonchev–Trinajstić information content (AvgIpc) is 2.52. The fourth-order valence-electron chi connectivity index (χ4n) is 2.75. The predicted octanol–water partition coefficient (Wildman–Crippen LogP) is 0.131. The van der Waals surface area contributed by atoms with E-state index in [4.69, 9.17) is 9.84 Å². The first-order valence-electron chi connectivity index (χ1n) is 7.55. The number of amides is 1.